The third-order valence-electron chi connectivity index (χ3n) is 4.85. The Kier molecular flexibility index (Phi) is 9.91. The van der Waals surface area contributed by atoms with Crippen molar-refractivity contribution in [2.45, 2.75) is 39.0 Å². The van der Waals surface area contributed by atoms with Gasteiger partial charge in [0.25, 0.3) is 11.8 Å². The third kappa shape index (κ3) is 6.87. The minimum absolute atomic E-state index is 0.0314. The molecule has 166 valence electrons. The van der Waals surface area contributed by atoms with Gasteiger partial charge in [-0.1, -0.05) is 42.6 Å². The highest BCUT2D eigenvalue weighted by Crippen LogP contribution is 2.23. The summed E-state index contributed by atoms with van der Waals surface area (Å²) in [6.07, 6.45) is 3.96. The van der Waals surface area contributed by atoms with Crippen LogP contribution in [0.15, 0.2) is 29.5 Å². The van der Waals surface area contributed by atoms with Gasteiger partial charge in [0.15, 0.2) is 5.76 Å². The van der Waals surface area contributed by atoms with Gasteiger partial charge < -0.3 is 14.7 Å². The number of aryl methyl sites for hydroxylation is 1. The van der Waals surface area contributed by atoms with Crippen molar-refractivity contribution in [1.82, 2.24) is 9.91 Å². The maximum Gasteiger partial charge on any atom is 0.289 e. The largest absolute Gasteiger partial charge is 0.503 e. The van der Waals surface area contributed by atoms with Crippen molar-refractivity contribution in [1.29, 1.82) is 0 Å². The minimum atomic E-state index is -0.545. The van der Waals surface area contributed by atoms with Gasteiger partial charge in [0, 0.05) is 26.3 Å². The fraction of sp³-hybridized carbons (Fsp3) is 0.524. The smallest absolute Gasteiger partial charge is 0.289 e. The standard InChI is InChI=1S/C21H29Cl2N3O4/c1-2-3-11-30-12-5-9-25-14-16(19(27)21(25)29)20(28)26(24)10-4-6-15-7-8-17(22)18(23)13-15/h7-8,13,27H,2-6,9-12,14,24H2,1H3. The van der Waals surface area contributed by atoms with Crippen LogP contribution < -0.4 is 5.84 Å². The van der Waals surface area contributed by atoms with Crippen molar-refractivity contribution in [2.24, 2.45) is 5.84 Å². The fourth-order valence-electron chi connectivity index (χ4n) is 3.10. The van der Waals surface area contributed by atoms with E-state index in [9.17, 15) is 14.7 Å². The van der Waals surface area contributed by atoms with E-state index in [-0.39, 0.29) is 18.7 Å². The molecule has 0 fully saturated rings. The number of aliphatic hydroxyl groups is 1. The van der Waals surface area contributed by atoms with Crippen molar-refractivity contribution in [3.8, 4) is 0 Å². The maximum atomic E-state index is 12.6. The molecule has 1 aromatic rings. The molecular weight excluding hydrogens is 429 g/mol. The van der Waals surface area contributed by atoms with Crippen molar-refractivity contribution in [3.05, 3.63) is 45.1 Å². The van der Waals surface area contributed by atoms with Crippen LogP contribution in [0.25, 0.3) is 0 Å². The van der Waals surface area contributed by atoms with Gasteiger partial charge in [-0.15, -0.1) is 0 Å². The van der Waals surface area contributed by atoms with Crippen LogP contribution in [0.4, 0.5) is 0 Å². The predicted octanol–water partition coefficient (Wildman–Crippen LogP) is 3.49. The highest BCUT2D eigenvalue weighted by Gasteiger charge is 2.34. The molecule has 0 saturated carbocycles. The van der Waals surface area contributed by atoms with Gasteiger partial charge in [-0.3, -0.25) is 14.6 Å². The van der Waals surface area contributed by atoms with E-state index >= 15 is 0 Å². The van der Waals surface area contributed by atoms with Crippen molar-refractivity contribution < 1.29 is 19.4 Å². The van der Waals surface area contributed by atoms with E-state index in [2.05, 4.69) is 6.92 Å². The fourth-order valence-corrected chi connectivity index (χ4v) is 3.42. The Morgan fingerprint density at radius 2 is 1.97 bits per heavy atom. The summed E-state index contributed by atoms with van der Waals surface area (Å²) in [5.74, 6) is 4.27. The predicted molar refractivity (Wildman–Crippen MR) is 117 cm³/mol. The van der Waals surface area contributed by atoms with Crippen LogP contribution in [0.3, 0.4) is 0 Å². The Hall–Kier alpha value is -1.80. The number of nitrogens with two attached hydrogens (primary N) is 1. The van der Waals surface area contributed by atoms with Crippen molar-refractivity contribution >= 4 is 35.0 Å². The van der Waals surface area contributed by atoms with Crippen molar-refractivity contribution in [2.75, 3.05) is 32.8 Å². The summed E-state index contributed by atoms with van der Waals surface area (Å²) in [6.45, 7) is 4.06. The average molecular weight is 458 g/mol. The van der Waals surface area contributed by atoms with Gasteiger partial charge >= 0.3 is 0 Å². The SMILES string of the molecule is CCCCOCCCN1CC(C(=O)N(N)CCCc2ccc(Cl)c(Cl)c2)=C(O)C1=O. The number of unbranched alkanes of at least 4 members (excludes halogenated alkanes) is 1. The first kappa shape index (κ1) is 24.5. The molecule has 0 radical (unpaired) electrons. The number of hydrazine groups is 1. The van der Waals surface area contributed by atoms with Crippen molar-refractivity contribution in [3.63, 3.8) is 0 Å². The van der Waals surface area contributed by atoms with Gasteiger partial charge in [-0.05, 0) is 43.4 Å². The number of carbonyl (C=O) groups is 2. The summed E-state index contributed by atoms with van der Waals surface area (Å²) >= 11 is 11.9. The Balaban J connectivity index is 1.78. The molecule has 0 aliphatic carbocycles. The molecule has 1 aromatic carbocycles. The molecule has 2 amide bonds. The van der Waals surface area contributed by atoms with Gasteiger partial charge in [-0.25, -0.2) is 5.84 Å². The zero-order valence-corrected chi connectivity index (χ0v) is 18.7. The molecule has 3 N–H and O–H groups in total. The Morgan fingerprint density at radius 1 is 1.23 bits per heavy atom. The van der Waals surface area contributed by atoms with Crippen LogP contribution in [0.1, 0.15) is 38.2 Å². The normalized spacial score (nSPS) is 14.0. The molecule has 7 nitrogen and oxygen atoms in total. The Bertz CT molecular complexity index is 786. The van der Waals surface area contributed by atoms with Crippen LogP contribution in [0.5, 0.6) is 0 Å². The molecule has 0 aromatic heterocycles. The number of amides is 2. The van der Waals surface area contributed by atoms with Crippen LogP contribution in [-0.4, -0.2) is 59.7 Å². The molecule has 1 aliphatic heterocycles. The number of halogens is 2. The number of ether oxygens (including phenoxy) is 1. The van der Waals surface area contributed by atoms with Crippen LogP contribution in [0, 0.1) is 0 Å². The zero-order valence-electron chi connectivity index (χ0n) is 17.2. The quantitative estimate of drug-likeness (QED) is 0.216. The number of benzene rings is 1. The summed E-state index contributed by atoms with van der Waals surface area (Å²) in [5.41, 5.74) is 1.01. The minimum Gasteiger partial charge on any atom is -0.503 e. The molecule has 0 unspecified atom stereocenters. The lowest BCUT2D eigenvalue weighted by molar-refractivity contribution is -0.128. The second-order valence-electron chi connectivity index (χ2n) is 7.22. The molecule has 0 saturated heterocycles. The first-order chi connectivity index (χ1) is 14.3. The van der Waals surface area contributed by atoms with Gasteiger partial charge in [0.2, 0.25) is 0 Å². The number of rotatable bonds is 12. The molecule has 30 heavy (non-hydrogen) atoms. The van der Waals surface area contributed by atoms with Gasteiger partial charge in [-0.2, -0.15) is 0 Å². The van der Waals surface area contributed by atoms with Gasteiger partial charge in [0.05, 0.1) is 22.2 Å². The third-order valence-corrected chi connectivity index (χ3v) is 5.59. The zero-order chi connectivity index (χ0) is 22.1. The molecule has 0 bridgehead atoms. The summed E-state index contributed by atoms with van der Waals surface area (Å²) < 4.78 is 5.48. The molecule has 0 spiro atoms. The lowest BCUT2D eigenvalue weighted by atomic mass is 10.1. The van der Waals surface area contributed by atoms with Crippen LogP contribution in [0.2, 0.25) is 10.0 Å². The lowest BCUT2D eigenvalue weighted by Gasteiger charge is -2.19. The summed E-state index contributed by atoms with van der Waals surface area (Å²) in [4.78, 5) is 26.2. The van der Waals surface area contributed by atoms with Gasteiger partial charge in [0.1, 0.15) is 0 Å². The lowest BCUT2D eigenvalue weighted by Crippen LogP contribution is -2.40. The topological polar surface area (TPSA) is 96.1 Å². The molecule has 9 heteroatoms. The van der Waals surface area contributed by atoms with E-state index in [1.54, 1.807) is 12.1 Å². The van der Waals surface area contributed by atoms with E-state index < -0.39 is 17.6 Å². The molecule has 1 aliphatic rings. The number of hydrogen-bond acceptors (Lipinski definition) is 5. The molecule has 1 heterocycles. The second-order valence-corrected chi connectivity index (χ2v) is 8.04. The Morgan fingerprint density at radius 3 is 2.67 bits per heavy atom. The number of carbonyl (C=O) groups excluding carboxylic acids is 2. The van der Waals surface area contributed by atoms with E-state index in [0.717, 1.165) is 23.4 Å². The molecule has 0 atom stereocenters. The monoisotopic (exact) mass is 457 g/mol. The van der Waals surface area contributed by atoms with E-state index in [4.69, 9.17) is 33.8 Å². The maximum absolute atomic E-state index is 12.6. The number of nitrogens with zero attached hydrogens (tertiary/aromatic N) is 2. The molecule has 2 rings (SSSR count). The summed E-state index contributed by atoms with van der Waals surface area (Å²) in [5, 5.41) is 12.1. The van der Waals surface area contributed by atoms with E-state index in [1.807, 2.05) is 6.07 Å². The van der Waals surface area contributed by atoms with E-state index in [0.29, 0.717) is 49.1 Å². The first-order valence-corrected chi connectivity index (χ1v) is 10.9. The second kappa shape index (κ2) is 12.2. The summed E-state index contributed by atoms with van der Waals surface area (Å²) in [7, 11) is 0. The number of hydrogen-bond donors (Lipinski definition) is 2. The van der Waals surface area contributed by atoms with Crippen LogP contribution in [-0.2, 0) is 20.7 Å². The highest BCUT2D eigenvalue weighted by atomic mass is 35.5. The average Bonchev–Trinajstić information content (AvgIpc) is 3.01. The highest BCUT2D eigenvalue weighted by molar-refractivity contribution is 6.42. The van der Waals surface area contributed by atoms with E-state index in [1.165, 1.54) is 4.90 Å². The van der Waals surface area contributed by atoms with Crippen LogP contribution >= 0.6 is 23.2 Å². The summed E-state index contributed by atoms with van der Waals surface area (Å²) in [6, 6.07) is 5.37. The molecular formula is C21H29Cl2N3O4. The Labute approximate surface area is 187 Å². The first-order valence-electron chi connectivity index (χ1n) is 10.1. The number of aliphatic hydroxyl groups excluding tert-OH is 1.